The van der Waals surface area contributed by atoms with Crippen LogP contribution in [0, 0.1) is 0 Å². The maximum atomic E-state index is 12.7. The number of hydrogen-bond acceptors (Lipinski definition) is 4. The van der Waals surface area contributed by atoms with Crippen LogP contribution in [0.2, 0.25) is 0 Å². The number of esters is 2. The summed E-state index contributed by atoms with van der Waals surface area (Å²) >= 11 is 0. The van der Waals surface area contributed by atoms with Gasteiger partial charge in [-0.1, -0.05) is 13.2 Å². The van der Waals surface area contributed by atoms with Crippen LogP contribution < -0.4 is 0 Å². The van der Waals surface area contributed by atoms with Crippen LogP contribution in [0.15, 0.2) is 24.3 Å². The Morgan fingerprint density at radius 2 is 1.27 bits per heavy atom. The van der Waals surface area contributed by atoms with Gasteiger partial charge in [-0.25, -0.2) is 9.59 Å². The average molecular weight is 220 g/mol. The molecule has 15 heavy (non-hydrogen) atoms. The number of hydrogen-bond donors (Lipinski definition) is 0. The molecule has 0 atom stereocenters. The SMILES string of the molecule is C=C(C)C(=O)OC(F)(F)OC(=O)C(=C)C. The fourth-order valence-electron chi connectivity index (χ4n) is 0.411. The molecule has 0 aliphatic carbocycles. The highest BCUT2D eigenvalue weighted by Crippen LogP contribution is 2.20. The molecule has 84 valence electrons. The third-order valence-electron chi connectivity index (χ3n) is 1.12. The van der Waals surface area contributed by atoms with Crippen molar-refractivity contribution in [1.82, 2.24) is 0 Å². The molecule has 0 heterocycles. The Bertz CT molecular complexity index is 290. The summed E-state index contributed by atoms with van der Waals surface area (Å²) in [7, 11) is 0. The van der Waals surface area contributed by atoms with E-state index in [0.29, 0.717) is 0 Å². The highest BCUT2D eigenvalue weighted by atomic mass is 19.3. The van der Waals surface area contributed by atoms with Gasteiger partial charge in [-0.15, -0.1) is 8.78 Å². The molecule has 0 unspecified atom stereocenters. The lowest BCUT2D eigenvalue weighted by molar-refractivity contribution is -0.351. The molecule has 0 radical (unpaired) electrons. The van der Waals surface area contributed by atoms with Crippen molar-refractivity contribution in [2.24, 2.45) is 0 Å². The summed E-state index contributed by atoms with van der Waals surface area (Å²) in [6.45, 7) is 8.53. The molecule has 0 rings (SSSR count). The molecule has 0 spiro atoms. The summed E-state index contributed by atoms with van der Waals surface area (Å²) in [4.78, 5) is 21.4. The zero-order valence-electron chi connectivity index (χ0n) is 8.30. The second kappa shape index (κ2) is 4.68. The number of carbonyl (C=O) groups excluding carboxylic acids is 2. The molecule has 0 fully saturated rings. The minimum atomic E-state index is -4.31. The molecule has 0 aliphatic rings. The van der Waals surface area contributed by atoms with Gasteiger partial charge in [-0.2, -0.15) is 0 Å². The van der Waals surface area contributed by atoms with Crippen molar-refractivity contribution in [2.75, 3.05) is 0 Å². The van der Waals surface area contributed by atoms with E-state index in [0.717, 1.165) is 0 Å². The third kappa shape index (κ3) is 4.90. The van der Waals surface area contributed by atoms with Gasteiger partial charge in [-0.3, -0.25) is 0 Å². The standard InChI is InChI=1S/C9H10F2O4/c1-5(2)7(12)14-9(10,11)15-8(13)6(3)4/h1,3H2,2,4H3. The van der Waals surface area contributed by atoms with Gasteiger partial charge in [0, 0.05) is 11.1 Å². The molecule has 0 saturated carbocycles. The van der Waals surface area contributed by atoms with E-state index in [1.807, 2.05) is 0 Å². The maximum absolute atomic E-state index is 12.7. The molecule has 4 nitrogen and oxygen atoms in total. The summed E-state index contributed by atoms with van der Waals surface area (Å²) in [5, 5.41) is 0. The Hall–Kier alpha value is -1.72. The van der Waals surface area contributed by atoms with Crippen molar-refractivity contribution in [1.29, 1.82) is 0 Å². The molecule has 0 amide bonds. The van der Waals surface area contributed by atoms with Crippen LogP contribution in [-0.4, -0.2) is 18.2 Å². The first-order valence-electron chi connectivity index (χ1n) is 3.81. The number of ether oxygens (including phenoxy) is 2. The quantitative estimate of drug-likeness (QED) is 0.411. The maximum Gasteiger partial charge on any atom is 0.590 e. The van der Waals surface area contributed by atoms with Gasteiger partial charge in [0.25, 0.3) is 0 Å². The second-order valence-electron chi connectivity index (χ2n) is 2.80. The van der Waals surface area contributed by atoms with E-state index >= 15 is 0 Å². The van der Waals surface area contributed by atoms with Crippen molar-refractivity contribution in [3.63, 3.8) is 0 Å². The Labute approximate surface area is 85.2 Å². The van der Waals surface area contributed by atoms with Gasteiger partial charge >= 0.3 is 18.2 Å². The highest BCUT2D eigenvalue weighted by molar-refractivity contribution is 5.88. The van der Waals surface area contributed by atoms with Gasteiger partial charge in [-0.05, 0) is 13.8 Å². The van der Waals surface area contributed by atoms with Gasteiger partial charge < -0.3 is 9.47 Å². The lowest BCUT2D eigenvalue weighted by atomic mass is 10.4. The van der Waals surface area contributed by atoms with Gasteiger partial charge in [0.05, 0.1) is 0 Å². The predicted octanol–water partition coefficient (Wildman–Crippen LogP) is 1.78. The first kappa shape index (κ1) is 13.3. The average Bonchev–Trinajstić information content (AvgIpc) is 2.01. The van der Waals surface area contributed by atoms with E-state index in [2.05, 4.69) is 22.6 Å². The predicted molar refractivity (Wildman–Crippen MR) is 46.8 cm³/mol. The molecule has 0 bridgehead atoms. The largest absolute Gasteiger partial charge is 0.590 e. The first-order valence-corrected chi connectivity index (χ1v) is 3.81. The molecule has 6 heteroatoms. The number of alkyl halides is 2. The van der Waals surface area contributed by atoms with E-state index in [1.165, 1.54) is 13.8 Å². The van der Waals surface area contributed by atoms with Crippen molar-refractivity contribution >= 4 is 11.9 Å². The fourth-order valence-corrected chi connectivity index (χ4v) is 0.411. The lowest BCUT2D eigenvalue weighted by Crippen LogP contribution is -2.31. The normalized spacial score (nSPS) is 10.4. The number of halogens is 2. The lowest BCUT2D eigenvalue weighted by Gasteiger charge is -2.15. The fraction of sp³-hybridized carbons (Fsp3) is 0.333. The zero-order valence-corrected chi connectivity index (χ0v) is 8.30. The van der Waals surface area contributed by atoms with Crippen LogP contribution in [0.25, 0.3) is 0 Å². The van der Waals surface area contributed by atoms with Crippen LogP contribution >= 0.6 is 0 Å². The van der Waals surface area contributed by atoms with Crippen LogP contribution in [-0.2, 0) is 19.1 Å². The monoisotopic (exact) mass is 220 g/mol. The Morgan fingerprint density at radius 1 is 1.00 bits per heavy atom. The zero-order chi connectivity index (χ0) is 12.2. The van der Waals surface area contributed by atoms with Crippen molar-refractivity contribution in [3.8, 4) is 0 Å². The van der Waals surface area contributed by atoms with E-state index < -0.39 is 18.2 Å². The van der Waals surface area contributed by atoms with Crippen LogP contribution in [0.1, 0.15) is 13.8 Å². The minimum absolute atomic E-state index is 0.235. The topological polar surface area (TPSA) is 52.6 Å². The van der Waals surface area contributed by atoms with Crippen LogP contribution in [0.5, 0.6) is 0 Å². The Balaban J connectivity index is 4.43. The Morgan fingerprint density at radius 3 is 1.47 bits per heavy atom. The van der Waals surface area contributed by atoms with Gasteiger partial charge in [0.2, 0.25) is 0 Å². The van der Waals surface area contributed by atoms with Gasteiger partial charge in [0.1, 0.15) is 0 Å². The van der Waals surface area contributed by atoms with E-state index in [-0.39, 0.29) is 11.1 Å². The molecule has 0 N–H and O–H groups in total. The highest BCUT2D eigenvalue weighted by Gasteiger charge is 2.40. The second-order valence-corrected chi connectivity index (χ2v) is 2.80. The minimum Gasteiger partial charge on any atom is -0.362 e. The molecule has 0 aliphatic heterocycles. The molecule has 0 aromatic heterocycles. The van der Waals surface area contributed by atoms with E-state index in [1.54, 1.807) is 0 Å². The molecule has 0 aromatic carbocycles. The van der Waals surface area contributed by atoms with Gasteiger partial charge in [0.15, 0.2) is 0 Å². The molecule has 0 aromatic rings. The number of rotatable bonds is 4. The number of carbonyl (C=O) groups is 2. The van der Waals surface area contributed by atoms with Crippen molar-refractivity contribution in [2.45, 2.75) is 20.1 Å². The molecule has 0 saturated heterocycles. The third-order valence-corrected chi connectivity index (χ3v) is 1.12. The summed E-state index contributed by atoms with van der Waals surface area (Å²) in [5.41, 5.74) is -0.470. The van der Waals surface area contributed by atoms with Crippen molar-refractivity contribution < 1.29 is 27.8 Å². The molecular weight excluding hydrogens is 210 g/mol. The van der Waals surface area contributed by atoms with E-state index in [9.17, 15) is 18.4 Å². The molecular formula is C9H10F2O4. The Kier molecular flexibility index (Phi) is 4.14. The smallest absolute Gasteiger partial charge is 0.362 e. The summed E-state index contributed by atoms with van der Waals surface area (Å²) in [6, 6.07) is 0. The summed E-state index contributed by atoms with van der Waals surface area (Å²) in [6.07, 6.45) is -4.31. The first-order chi connectivity index (χ1) is 6.65. The van der Waals surface area contributed by atoms with Crippen molar-refractivity contribution in [3.05, 3.63) is 24.3 Å². The van der Waals surface area contributed by atoms with Crippen LogP contribution in [0.3, 0.4) is 0 Å². The van der Waals surface area contributed by atoms with Crippen LogP contribution in [0.4, 0.5) is 8.78 Å². The summed E-state index contributed by atoms with van der Waals surface area (Å²) in [5.74, 6) is -2.70. The van der Waals surface area contributed by atoms with E-state index in [4.69, 9.17) is 0 Å². The summed E-state index contributed by atoms with van der Waals surface area (Å²) < 4.78 is 32.5.